The minimum Gasteiger partial charge on any atom is -0.550 e. The van der Waals surface area contributed by atoms with Gasteiger partial charge in [0, 0.05) is 5.97 Å². The van der Waals surface area contributed by atoms with Gasteiger partial charge < -0.3 is 14.4 Å². The lowest BCUT2D eigenvalue weighted by molar-refractivity contribution is -0.870. The van der Waals surface area contributed by atoms with Gasteiger partial charge in [0.05, 0.1) is 27.7 Å². The number of rotatable bonds is 10. The van der Waals surface area contributed by atoms with Crippen LogP contribution in [-0.4, -0.2) is 38.1 Å². The molecule has 3 heteroatoms. The summed E-state index contributed by atoms with van der Waals surface area (Å²) in [7, 11) is 6.79. The Balaban J connectivity index is 0. The Morgan fingerprint density at radius 2 is 1.32 bits per heavy atom. The van der Waals surface area contributed by atoms with E-state index in [0.717, 1.165) is 23.7 Å². The highest BCUT2D eigenvalue weighted by molar-refractivity contribution is 5.63. The van der Waals surface area contributed by atoms with Crippen molar-refractivity contribution in [3.63, 3.8) is 0 Å². The molecule has 0 rings (SSSR count). The van der Waals surface area contributed by atoms with Crippen molar-refractivity contribution in [2.75, 3.05) is 27.7 Å². The number of hydrogen-bond acceptors (Lipinski definition) is 2. The maximum atomic E-state index is 9.76. The number of carbonyl (C=O) groups is 1. The van der Waals surface area contributed by atoms with Gasteiger partial charge in [-0.25, -0.2) is 0 Å². The van der Waals surface area contributed by atoms with Crippen LogP contribution < -0.4 is 5.11 Å². The Labute approximate surface area is 120 Å². The van der Waals surface area contributed by atoms with E-state index in [0.29, 0.717) is 0 Å². The largest absolute Gasteiger partial charge is 0.550 e. The Bertz CT molecular complexity index is 197. The van der Waals surface area contributed by atoms with E-state index < -0.39 is 5.97 Å². The predicted octanol–water partition coefficient (Wildman–Crippen LogP) is 2.98. The first-order chi connectivity index (χ1) is 8.83. The molecule has 0 atom stereocenters. The van der Waals surface area contributed by atoms with Crippen LogP contribution in [-0.2, 0) is 4.79 Å². The van der Waals surface area contributed by atoms with Gasteiger partial charge >= 0.3 is 0 Å². The van der Waals surface area contributed by atoms with E-state index in [4.69, 9.17) is 0 Å². The summed E-state index contributed by atoms with van der Waals surface area (Å²) in [5.41, 5.74) is 0. The smallest absolute Gasteiger partial charge is 0.0780 e. The summed E-state index contributed by atoms with van der Waals surface area (Å²) in [5, 5.41) is 9.76. The lowest BCUT2D eigenvalue weighted by Gasteiger charge is -2.23. The topological polar surface area (TPSA) is 40.1 Å². The monoisotopic (exact) mass is 273 g/mol. The zero-order chi connectivity index (χ0) is 15.1. The molecule has 0 spiro atoms. The number of nitrogens with zero attached hydrogens (tertiary/aromatic N) is 1. The van der Waals surface area contributed by atoms with Crippen LogP contribution in [0.2, 0.25) is 0 Å². The molecule has 0 bridgehead atoms. The molecule has 0 fully saturated rings. The van der Waals surface area contributed by atoms with E-state index >= 15 is 0 Å². The van der Waals surface area contributed by atoms with E-state index in [1.807, 2.05) is 6.92 Å². The maximum Gasteiger partial charge on any atom is 0.0780 e. The number of hydrogen-bond donors (Lipinski definition) is 0. The normalized spacial score (nSPS) is 10.8. The number of carboxylic acids is 1. The first-order valence-corrected chi connectivity index (χ1v) is 7.83. The molecule has 0 radical (unpaired) electrons. The van der Waals surface area contributed by atoms with Crippen LogP contribution in [0, 0.1) is 0 Å². The number of quaternary nitrogens is 1. The summed E-state index contributed by atoms with van der Waals surface area (Å²) >= 11 is 0. The minimum atomic E-state index is -0.932. The standard InChI is InChI=1S/C10H24N.C6H12O2/c1-5-6-7-8-9-10-11(2,3)4;1-2-3-4-5-6(7)8/h5-10H2,1-4H3;2-5H2,1H3,(H,7,8)/q+1;/p-1. The molecule has 0 saturated carbocycles. The van der Waals surface area contributed by atoms with E-state index in [-0.39, 0.29) is 6.42 Å². The highest BCUT2D eigenvalue weighted by atomic mass is 16.4. The van der Waals surface area contributed by atoms with Crippen molar-refractivity contribution in [1.82, 2.24) is 0 Å². The van der Waals surface area contributed by atoms with Crippen molar-refractivity contribution >= 4 is 5.97 Å². The highest BCUT2D eigenvalue weighted by Crippen LogP contribution is 2.04. The van der Waals surface area contributed by atoms with Gasteiger partial charge in [-0.15, -0.1) is 0 Å². The van der Waals surface area contributed by atoms with E-state index in [1.54, 1.807) is 0 Å². The van der Waals surface area contributed by atoms with Gasteiger partial charge in [-0.3, -0.25) is 0 Å². The van der Waals surface area contributed by atoms with E-state index in [9.17, 15) is 9.90 Å². The van der Waals surface area contributed by atoms with Crippen LogP contribution in [0.5, 0.6) is 0 Å². The van der Waals surface area contributed by atoms with Crippen LogP contribution in [0.15, 0.2) is 0 Å². The molecule has 0 aliphatic carbocycles. The summed E-state index contributed by atoms with van der Waals surface area (Å²) in [6.07, 6.45) is 10.0. The molecule has 116 valence electrons. The summed E-state index contributed by atoms with van der Waals surface area (Å²) < 4.78 is 1.12. The second-order valence-corrected chi connectivity index (χ2v) is 6.26. The maximum absolute atomic E-state index is 9.76. The number of carbonyl (C=O) groups excluding carboxylic acids is 1. The van der Waals surface area contributed by atoms with Gasteiger partial charge in [0.1, 0.15) is 0 Å². The molecule has 0 unspecified atom stereocenters. The molecule has 0 aromatic heterocycles. The molecular weight excluding hydrogens is 238 g/mol. The van der Waals surface area contributed by atoms with Crippen LogP contribution in [0.1, 0.15) is 71.6 Å². The first kappa shape index (κ1) is 20.7. The third-order valence-corrected chi connectivity index (χ3v) is 2.92. The SMILES string of the molecule is CCCCCC(=O)[O-].CCCCCCC[N+](C)(C)C. The molecule has 0 aromatic rings. The van der Waals surface area contributed by atoms with E-state index in [1.165, 1.54) is 38.6 Å². The average Bonchev–Trinajstić information content (AvgIpc) is 2.28. The third kappa shape index (κ3) is 26.9. The van der Waals surface area contributed by atoms with Gasteiger partial charge in [-0.2, -0.15) is 0 Å². The Hall–Kier alpha value is -0.570. The summed E-state index contributed by atoms with van der Waals surface area (Å²) in [6, 6.07) is 0. The predicted molar refractivity (Wildman–Crippen MR) is 80.8 cm³/mol. The number of unbranched alkanes of at least 4 members (excludes halogenated alkanes) is 6. The average molecular weight is 273 g/mol. The van der Waals surface area contributed by atoms with Crippen molar-refractivity contribution in [3.05, 3.63) is 0 Å². The van der Waals surface area contributed by atoms with Crippen LogP contribution in [0.4, 0.5) is 0 Å². The van der Waals surface area contributed by atoms with Gasteiger partial charge in [0.25, 0.3) is 0 Å². The number of aliphatic carboxylic acids is 1. The van der Waals surface area contributed by atoms with Gasteiger partial charge in [-0.1, -0.05) is 46.0 Å². The van der Waals surface area contributed by atoms with Crippen molar-refractivity contribution < 1.29 is 14.4 Å². The molecule has 0 N–H and O–H groups in total. The van der Waals surface area contributed by atoms with Crippen molar-refractivity contribution in [2.45, 2.75) is 71.6 Å². The van der Waals surface area contributed by atoms with Crippen LogP contribution in [0.25, 0.3) is 0 Å². The molecule has 0 heterocycles. The lowest BCUT2D eigenvalue weighted by Crippen LogP contribution is -2.35. The Morgan fingerprint density at radius 3 is 1.74 bits per heavy atom. The fraction of sp³-hybridized carbons (Fsp3) is 0.938. The zero-order valence-electron chi connectivity index (χ0n) is 13.8. The fourth-order valence-corrected chi connectivity index (χ4v) is 1.71. The van der Waals surface area contributed by atoms with Crippen molar-refractivity contribution in [3.8, 4) is 0 Å². The molecule has 19 heavy (non-hydrogen) atoms. The van der Waals surface area contributed by atoms with Gasteiger partial charge in [-0.05, 0) is 25.7 Å². The molecule has 0 saturated heterocycles. The van der Waals surface area contributed by atoms with Crippen molar-refractivity contribution in [2.24, 2.45) is 0 Å². The van der Waals surface area contributed by atoms with Crippen LogP contribution in [0.3, 0.4) is 0 Å². The lowest BCUT2D eigenvalue weighted by atomic mass is 10.1. The number of carboxylic acid groups (broad SMARTS) is 1. The summed E-state index contributed by atoms with van der Waals surface area (Å²) in [6.45, 7) is 5.62. The second-order valence-electron chi connectivity index (χ2n) is 6.26. The zero-order valence-corrected chi connectivity index (χ0v) is 13.8. The molecule has 0 amide bonds. The second kappa shape index (κ2) is 13.9. The molecule has 0 aromatic carbocycles. The minimum absolute atomic E-state index is 0.216. The summed E-state index contributed by atoms with van der Waals surface area (Å²) in [5.74, 6) is -0.932. The summed E-state index contributed by atoms with van der Waals surface area (Å²) in [4.78, 5) is 9.76. The Morgan fingerprint density at radius 1 is 0.842 bits per heavy atom. The quantitative estimate of drug-likeness (QED) is 0.453. The highest BCUT2D eigenvalue weighted by Gasteiger charge is 2.04. The molecular formula is C16H35NO2. The van der Waals surface area contributed by atoms with Crippen LogP contribution >= 0.6 is 0 Å². The third-order valence-electron chi connectivity index (χ3n) is 2.92. The van der Waals surface area contributed by atoms with Gasteiger partial charge in [0.15, 0.2) is 0 Å². The molecule has 0 aliphatic rings. The first-order valence-electron chi connectivity index (χ1n) is 7.83. The molecule has 3 nitrogen and oxygen atoms in total. The van der Waals surface area contributed by atoms with E-state index in [2.05, 4.69) is 28.1 Å². The molecule has 0 aliphatic heterocycles. The van der Waals surface area contributed by atoms with Crippen molar-refractivity contribution in [1.29, 1.82) is 0 Å². The van der Waals surface area contributed by atoms with Gasteiger partial charge in [0.2, 0.25) is 0 Å². The Kier molecular flexibility index (Phi) is 15.1. The fourth-order valence-electron chi connectivity index (χ4n) is 1.71.